The second kappa shape index (κ2) is 8.51. The van der Waals surface area contributed by atoms with Crippen molar-refractivity contribution in [3.63, 3.8) is 0 Å². The van der Waals surface area contributed by atoms with Gasteiger partial charge in [0.2, 0.25) is 0 Å². The topological polar surface area (TPSA) is 126 Å². The predicted molar refractivity (Wildman–Crippen MR) is 107 cm³/mol. The maximum Gasteiger partial charge on any atom is 0.491 e. The summed E-state index contributed by atoms with van der Waals surface area (Å²) in [7, 11) is -8.19. The highest BCUT2D eigenvalue weighted by molar-refractivity contribution is 7.93. The summed E-state index contributed by atoms with van der Waals surface area (Å²) >= 11 is 0. The third kappa shape index (κ3) is 4.53. The Bertz CT molecular complexity index is 1250. The highest BCUT2D eigenvalue weighted by Crippen LogP contribution is 2.39. The van der Waals surface area contributed by atoms with Crippen molar-refractivity contribution in [3.05, 3.63) is 46.5 Å². The normalized spacial score (nSPS) is 15.9. The molecule has 17 heteroatoms. The van der Waals surface area contributed by atoms with Crippen LogP contribution in [0.4, 0.5) is 26.3 Å². The molecule has 0 fully saturated rings. The largest absolute Gasteiger partial charge is 0.491 e. The number of fused-ring (bicyclic) bond motifs is 2. The highest BCUT2D eigenvalue weighted by atomic mass is 32.2. The summed E-state index contributed by atoms with van der Waals surface area (Å²) in [5, 5.41) is 28.9. The summed E-state index contributed by atoms with van der Waals surface area (Å²) in [6, 6.07) is 2.40. The molecule has 0 bridgehead atoms. The Morgan fingerprint density at radius 1 is 0.886 bits per heavy atom. The molecule has 186 valence electrons. The second-order valence-corrected chi connectivity index (χ2v) is 9.86. The minimum absolute atomic E-state index is 0.376. The lowest BCUT2D eigenvalue weighted by atomic mass is 9.78. The first-order valence-corrected chi connectivity index (χ1v) is 11.2. The summed E-state index contributed by atoms with van der Waals surface area (Å²) in [4.78, 5) is 9.55. The molecule has 2 heterocycles. The van der Waals surface area contributed by atoms with Gasteiger partial charge in [0.05, 0.1) is 34.1 Å². The molecule has 4 rings (SSSR count). The van der Waals surface area contributed by atoms with E-state index in [0.29, 0.717) is 12.1 Å². The Hall–Kier alpha value is -2.59. The van der Waals surface area contributed by atoms with Gasteiger partial charge in [-0.2, -0.15) is 26.3 Å². The van der Waals surface area contributed by atoms with Crippen LogP contribution in [0.3, 0.4) is 0 Å². The van der Waals surface area contributed by atoms with E-state index in [4.69, 9.17) is 14.4 Å². The van der Waals surface area contributed by atoms with E-state index in [0.717, 1.165) is 12.1 Å². The summed E-state index contributed by atoms with van der Waals surface area (Å²) < 4.78 is 110. The van der Waals surface area contributed by atoms with Crippen LogP contribution < -0.4 is 10.9 Å². The predicted octanol–water partition coefficient (Wildman–Crippen LogP) is 1.13. The second-order valence-electron chi connectivity index (χ2n) is 7.61. The molecule has 2 aromatic carbocycles. The number of aliphatic carboxylic acids is 1. The number of hydrogen-bond acceptors (Lipinski definition) is 7. The first kappa shape index (κ1) is 25.5. The number of halogens is 6. The first-order valence-electron chi connectivity index (χ1n) is 9.65. The minimum Gasteiger partial charge on any atom is -0.480 e. The van der Waals surface area contributed by atoms with Crippen LogP contribution in [0.2, 0.25) is 0 Å². The molecule has 8 nitrogen and oxygen atoms in total. The van der Waals surface area contributed by atoms with Crippen molar-refractivity contribution in [1.29, 1.82) is 0 Å². The van der Waals surface area contributed by atoms with E-state index < -0.39 is 105 Å². The van der Waals surface area contributed by atoms with Crippen LogP contribution in [0.5, 0.6) is 0 Å². The Morgan fingerprint density at radius 2 is 1.29 bits per heavy atom. The Kier molecular flexibility index (Phi) is 6.20. The lowest BCUT2D eigenvalue weighted by Crippen LogP contribution is -2.31. The first-order chi connectivity index (χ1) is 16.1. The molecular formula is C18H13B2F6NO7S. The maximum absolute atomic E-state index is 14.1. The molecule has 0 atom stereocenters. The fourth-order valence-electron chi connectivity index (χ4n) is 3.86. The fraction of sp³-hybridized carbons (Fsp3) is 0.278. The molecule has 35 heavy (non-hydrogen) atoms. The highest BCUT2D eigenvalue weighted by Gasteiger charge is 2.43. The van der Waals surface area contributed by atoms with Crippen LogP contribution in [-0.4, -0.2) is 46.1 Å². The Balaban J connectivity index is 2.06. The van der Waals surface area contributed by atoms with Gasteiger partial charge in [-0.15, -0.1) is 0 Å². The van der Waals surface area contributed by atoms with Gasteiger partial charge in [0.25, 0.3) is 0 Å². The summed E-state index contributed by atoms with van der Waals surface area (Å²) in [6.07, 6.45) is -10.1. The standard InChI is InChI=1S/C18H13B2F6NO7S/c21-17(22,23)12-1-8(3-14-10(12)6-33-19(14)30)35(32,27-5-16(28)29)9-2-13(18(24,25)26)11-7-34-20(31)15(11)4-9/h1-4,30-31H,5-7H2,(H,28,29). The number of alkyl halides is 6. The van der Waals surface area contributed by atoms with Crippen LogP contribution >= 0.6 is 0 Å². The molecule has 2 aliphatic rings. The number of carbonyl (C=O) groups is 1. The van der Waals surface area contributed by atoms with E-state index in [1.807, 2.05) is 0 Å². The van der Waals surface area contributed by atoms with E-state index in [1.165, 1.54) is 0 Å². The molecule has 0 aromatic heterocycles. The number of carboxylic acids is 1. The molecular weight excluding hydrogens is 510 g/mol. The van der Waals surface area contributed by atoms with Crippen molar-refractivity contribution in [2.24, 2.45) is 4.36 Å². The van der Waals surface area contributed by atoms with E-state index in [-0.39, 0.29) is 0 Å². The van der Waals surface area contributed by atoms with Gasteiger partial charge in [0, 0.05) is 0 Å². The smallest absolute Gasteiger partial charge is 0.480 e. The third-order valence-corrected chi connectivity index (χ3v) is 7.69. The van der Waals surface area contributed by atoms with Gasteiger partial charge >= 0.3 is 32.6 Å². The van der Waals surface area contributed by atoms with Crippen molar-refractivity contribution < 1.29 is 59.8 Å². The van der Waals surface area contributed by atoms with E-state index in [2.05, 4.69) is 4.36 Å². The SMILES string of the molecule is O=C(O)CN=S(=O)(c1cc2c(c(C(F)(F)F)c1)COB2O)c1cc2c(c(C(F)(F)F)c1)COB2O. The van der Waals surface area contributed by atoms with E-state index in [9.17, 15) is 45.4 Å². The molecule has 0 aliphatic carbocycles. The van der Waals surface area contributed by atoms with Gasteiger partial charge in [-0.05, 0) is 46.3 Å². The van der Waals surface area contributed by atoms with Crippen LogP contribution in [-0.2, 0) is 49.4 Å². The lowest BCUT2D eigenvalue weighted by molar-refractivity contribution is -0.139. The zero-order valence-electron chi connectivity index (χ0n) is 17.2. The van der Waals surface area contributed by atoms with E-state index >= 15 is 0 Å². The van der Waals surface area contributed by atoms with Crippen LogP contribution in [0.1, 0.15) is 22.3 Å². The lowest BCUT2D eigenvalue weighted by Gasteiger charge is -2.19. The van der Waals surface area contributed by atoms with Crippen molar-refractivity contribution in [2.45, 2.75) is 35.4 Å². The van der Waals surface area contributed by atoms with Crippen molar-refractivity contribution in [2.75, 3.05) is 6.54 Å². The third-order valence-electron chi connectivity index (χ3n) is 5.45. The Labute approximate surface area is 193 Å². The number of rotatable bonds is 4. The molecule has 0 amide bonds. The molecule has 3 N–H and O–H groups in total. The van der Waals surface area contributed by atoms with Gasteiger partial charge in [-0.3, -0.25) is 4.79 Å². The fourth-order valence-corrected chi connectivity index (χ4v) is 5.85. The van der Waals surface area contributed by atoms with Crippen LogP contribution in [0, 0.1) is 0 Å². The number of benzene rings is 2. The van der Waals surface area contributed by atoms with E-state index in [1.54, 1.807) is 0 Å². The van der Waals surface area contributed by atoms with Crippen molar-refractivity contribution in [1.82, 2.24) is 0 Å². The monoisotopic (exact) mass is 523 g/mol. The average molecular weight is 523 g/mol. The zero-order valence-corrected chi connectivity index (χ0v) is 18.0. The van der Waals surface area contributed by atoms with Gasteiger partial charge in [-0.1, -0.05) is 0 Å². The number of nitrogens with zero attached hydrogens (tertiary/aromatic N) is 1. The summed E-state index contributed by atoms with van der Waals surface area (Å²) in [5.41, 5.74) is -4.56. The molecule has 2 aliphatic heterocycles. The van der Waals surface area contributed by atoms with Gasteiger partial charge in [-0.25, -0.2) is 8.57 Å². The molecule has 2 aromatic rings. The minimum atomic E-state index is -5.04. The zero-order chi connectivity index (χ0) is 25.9. The molecule has 0 unspecified atom stereocenters. The molecule has 0 saturated carbocycles. The summed E-state index contributed by atoms with van der Waals surface area (Å²) in [5.74, 6) is -1.65. The maximum atomic E-state index is 14.1. The summed E-state index contributed by atoms with van der Waals surface area (Å²) in [6.45, 7) is -2.51. The number of hydrogen-bond donors (Lipinski definition) is 3. The number of carboxylic acid groups (broad SMARTS) is 1. The van der Waals surface area contributed by atoms with Gasteiger partial charge < -0.3 is 24.5 Å². The quantitative estimate of drug-likeness (QED) is 0.406. The van der Waals surface area contributed by atoms with Crippen molar-refractivity contribution in [3.8, 4) is 0 Å². The average Bonchev–Trinajstić information content (AvgIpc) is 3.32. The van der Waals surface area contributed by atoms with Crippen LogP contribution in [0.25, 0.3) is 0 Å². The molecule has 0 saturated heterocycles. The van der Waals surface area contributed by atoms with Gasteiger partial charge in [0.1, 0.15) is 16.3 Å². The van der Waals surface area contributed by atoms with Gasteiger partial charge in [0.15, 0.2) is 0 Å². The van der Waals surface area contributed by atoms with Crippen molar-refractivity contribution >= 4 is 40.9 Å². The molecule has 0 spiro atoms. The Morgan fingerprint density at radius 3 is 1.63 bits per heavy atom. The molecule has 0 radical (unpaired) electrons. The van der Waals surface area contributed by atoms with Crippen LogP contribution in [0.15, 0.2) is 38.4 Å².